The monoisotopic (exact) mass is 396 g/mol. The first-order valence-corrected chi connectivity index (χ1v) is 10.4. The van der Waals surface area contributed by atoms with Crippen LogP contribution in [0.3, 0.4) is 0 Å². The minimum atomic E-state index is -3.72. The van der Waals surface area contributed by atoms with Crippen LogP contribution in [0.1, 0.15) is 24.4 Å². The van der Waals surface area contributed by atoms with Crippen molar-refractivity contribution < 1.29 is 13.2 Å². The molecule has 1 aromatic carbocycles. The van der Waals surface area contributed by atoms with Gasteiger partial charge in [0.15, 0.2) is 0 Å². The number of halogens is 1. The summed E-state index contributed by atoms with van der Waals surface area (Å²) in [6, 6.07) is 2.82. The van der Waals surface area contributed by atoms with E-state index in [0.29, 0.717) is 42.7 Å². The lowest BCUT2D eigenvalue weighted by atomic mass is 10.1. The van der Waals surface area contributed by atoms with Crippen molar-refractivity contribution in [3.63, 3.8) is 0 Å². The van der Waals surface area contributed by atoms with Crippen LogP contribution >= 0.6 is 11.6 Å². The zero-order valence-corrected chi connectivity index (χ0v) is 16.2. The van der Waals surface area contributed by atoms with Gasteiger partial charge in [-0.05, 0) is 19.1 Å². The molecule has 1 N–H and O–H groups in total. The van der Waals surface area contributed by atoms with Crippen LogP contribution in [0.25, 0.3) is 0 Å². The standard InChI is InChI=1S/C17H21ClN4O3S/c1-11-7-12-8-13(9-14(18)16(12)25-11)26(23,24)22-6-3-19-10-15(22)17-20-4-5-21(17)2/h4-5,8-9,11,15,19H,3,6-7,10H2,1-2H3. The minimum Gasteiger partial charge on any atom is -0.489 e. The third-order valence-electron chi connectivity index (χ3n) is 4.88. The van der Waals surface area contributed by atoms with Gasteiger partial charge in [0, 0.05) is 51.1 Å². The van der Waals surface area contributed by atoms with Gasteiger partial charge in [0.1, 0.15) is 17.7 Å². The summed E-state index contributed by atoms with van der Waals surface area (Å²) in [4.78, 5) is 4.56. The number of hydrogen-bond donors (Lipinski definition) is 1. The number of aromatic nitrogens is 2. The van der Waals surface area contributed by atoms with Crippen molar-refractivity contribution in [2.75, 3.05) is 19.6 Å². The Kier molecular flexibility index (Phi) is 4.46. The first-order chi connectivity index (χ1) is 12.4. The number of sulfonamides is 1. The van der Waals surface area contributed by atoms with E-state index < -0.39 is 10.0 Å². The molecule has 1 saturated heterocycles. The molecule has 0 saturated carbocycles. The van der Waals surface area contributed by atoms with Gasteiger partial charge in [-0.3, -0.25) is 0 Å². The predicted molar refractivity (Wildman–Crippen MR) is 98.0 cm³/mol. The Balaban J connectivity index is 1.75. The maximum Gasteiger partial charge on any atom is 0.243 e. The number of rotatable bonds is 3. The largest absolute Gasteiger partial charge is 0.489 e. The highest BCUT2D eigenvalue weighted by molar-refractivity contribution is 7.89. The fourth-order valence-electron chi connectivity index (χ4n) is 3.63. The van der Waals surface area contributed by atoms with Crippen molar-refractivity contribution in [1.82, 2.24) is 19.2 Å². The molecule has 2 unspecified atom stereocenters. The summed E-state index contributed by atoms with van der Waals surface area (Å²) < 4.78 is 35.9. The molecule has 4 rings (SSSR count). The van der Waals surface area contributed by atoms with Crippen molar-refractivity contribution in [1.29, 1.82) is 0 Å². The first-order valence-electron chi connectivity index (χ1n) is 8.57. The quantitative estimate of drug-likeness (QED) is 0.855. The van der Waals surface area contributed by atoms with Crippen molar-refractivity contribution in [3.8, 4) is 5.75 Å². The smallest absolute Gasteiger partial charge is 0.243 e. The van der Waals surface area contributed by atoms with Gasteiger partial charge in [0.2, 0.25) is 10.0 Å². The van der Waals surface area contributed by atoms with Gasteiger partial charge < -0.3 is 14.6 Å². The molecule has 0 spiro atoms. The van der Waals surface area contributed by atoms with Crippen LogP contribution in [0.15, 0.2) is 29.4 Å². The molecular formula is C17H21ClN4O3S. The van der Waals surface area contributed by atoms with Crippen molar-refractivity contribution >= 4 is 21.6 Å². The summed E-state index contributed by atoms with van der Waals surface area (Å²) in [5.74, 6) is 1.31. The number of aryl methyl sites for hydroxylation is 1. The average molecular weight is 397 g/mol. The third-order valence-corrected chi connectivity index (χ3v) is 7.04. The van der Waals surface area contributed by atoms with Gasteiger partial charge in [0.25, 0.3) is 0 Å². The summed E-state index contributed by atoms with van der Waals surface area (Å²) in [5, 5.41) is 3.60. The SMILES string of the molecule is CC1Cc2cc(S(=O)(=O)N3CCNCC3c3nccn3C)cc(Cl)c2O1. The molecule has 2 atom stereocenters. The topological polar surface area (TPSA) is 76.5 Å². The molecule has 26 heavy (non-hydrogen) atoms. The fourth-order valence-corrected chi connectivity index (χ4v) is 5.65. The molecule has 2 aliphatic rings. The van der Waals surface area contributed by atoms with E-state index in [2.05, 4.69) is 10.3 Å². The summed E-state index contributed by atoms with van der Waals surface area (Å²) in [6.07, 6.45) is 4.15. The van der Waals surface area contributed by atoms with Crippen LogP contribution in [-0.2, 0) is 23.5 Å². The summed E-state index contributed by atoms with van der Waals surface area (Å²) in [7, 11) is -1.85. The van der Waals surface area contributed by atoms with E-state index in [1.165, 1.54) is 10.4 Å². The maximum atomic E-state index is 13.4. The molecule has 0 radical (unpaired) electrons. The average Bonchev–Trinajstić information content (AvgIpc) is 3.20. The van der Waals surface area contributed by atoms with E-state index in [1.54, 1.807) is 12.3 Å². The summed E-state index contributed by atoms with van der Waals surface area (Å²) in [5.41, 5.74) is 0.840. The molecular weight excluding hydrogens is 376 g/mol. The lowest BCUT2D eigenvalue weighted by Gasteiger charge is -2.34. The second-order valence-corrected chi connectivity index (χ2v) is 9.06. The molecule has 7 nitrogen and oxygen atoms in total. The number of nitrogens with zero attached hydrogens (tertiary/aromatic N) is 3. The molecule has 2 aliphatic heterocycles. The van der Waals surface area contributed by atoms with Gasteiger partial charge in [-0.15, -0.1) is 0 Å². The normalized spacial score (nSPS) is 23.7. The number of hydrogen-bond acceptors (Lipinski definition) is 5. The molecule has 1 fully saturated rings. The molecule has 140 valence electrons. The lowest BCUT2D eigenvalue weighted by molar-refractivity contribution is 0.254. The first kappa shape index (κ1) is 17.8. The van der Waals surface area contributed by atoms with E-state index in [0.717, 1.165) is 5.56 Å². The molecule has 1 aromatic heterocycles. The Morgan fingerprint density at radius 1 is 1.38 bits per heavy atom. The third kappa shape index (κ3) is 2.90. The van der Waals surface area contributed by atoms with Crippen LogP contribution in [0.5, 0.6) is 5.75 Å². The van der Waals surface area contributed by atoms with Crippen LogP contribution in [0.4, 0.5) is 0 Å². The van der Waals surface area contributed by atoms with Gasteiger partial charge in [-0.2, -0.15) is 4.31 Å². The Morgan fingerprint density at radius 3 is 2.92 bits per heavy atom. The Bertz CT molecular complexity index is 943. The lowest BCUT2D eigenvalue weighted by Crippen LogP contribution is -2.49. The predicted octanol–water partition coefficient (Wildman–Crippen LogP) is 1.73. The van der Waals surface area contributed by atoms with Gasteiger partial charge in [-0.1, -0.05) is 11.6 Å². The summed E-state index contributed by atoms with van der Waals surface area (Å²) in [6.45, 7) is 3.43. The molecule has 3 heterocycles. The zero-order chi connectivity index (χ0) is 18.5. The van der Waals surface area contributed by atoms with E-state index in [4.69, 9.17) is 16.3 Å². The van der Waals surface area contributed by atoms with Gasteiger partial charge in [-0.25, -0.2) is 13.4 Å². The van der Waals surface area contributed by atoms with Gasteiger partial charge in [0.05, 0.1) is 16.0 Å². The zero-order valence-electron chi connectivity index (χ0n) is 14.6. The van der Waals surface area contributed by atoms with E-state index in [-0.39, 0.29) is 17.0 Å². The van der Waals surface area contributed by atoms with E-state index in [9.17, 15) is 8.42 Å². The van der Waals surface area contributed by atoms with Crippen molar-refractivity contribution in [2.24, 2.45) is 7.05 Å². The van der Waals surface area contributed by atoms with Crippen LogP contribution in [0, 0.1) is 0 Å². The highest BCUT2D eigenvalue weighted by Gasteiger charge is 2.37. The molecule has 0 aliphatic carbocycles. The number of ether oxygens (including phenoxy) is 1. The Labute approximate surface area is 158 Å². The molecule has 9 heteroatoms. The number of fused-ring (bicyclic) bond motifs is 1. The number of nitrogens with one attached hydrogen (secondary N) is 1. The van der Waals surface area contributed by atoms with Crippen LogP contribution in [0.2, 0.25) is 5.02 Å². The minimum absolute atomic E-state index is 0.0000393. The Morgan fingerprint density at radius 2 is 2.19 bits per heavy atom. The summed E-state index contributed by atoms with van der Waals surface area (Å²) >= 11 is 6.31. The second-order valence-electron chi connectivity index (χ2n) is 6.76. The second kappa shape index (κ2) is 6.53. The molecule has 0 amide bonds. The fraction of sp³-hybridized carbons (Fsp3) is 0.471. The van der Waals surface area contributed by atoms with Crippen molar-refractivity contribution in [3.05, 3.63) is 40.9 Å². The molecule has 0 bridgehead atoms. The Hall–Kier alpha value is -1.61. The number of piperazine rings is 1. The van der Waals surface area contributed by atoms with Crippen LogP contribution in [-0.4, -0.2) is 48.0 Å². The van der Waals surface area contributed by atoms with Crippen molar-refractivity contribution in [2.45, 2.75) is 30.4 Å². The maximum absolute atomic E-state index is 13.4. The van der Waals surface area contributed by atoms with E-state index >= 15 is 0 Å². The molecule has 2 aromatic rings. The highest BCUT2D eigenvalue weighted by atomic mass is 35.5. The van der Waals surface area contributed by atoms with E-state index in [1.807, 2.05) is 24.7 Å². The number of benzene rings is 1. The van der Waals surface area contributed by atoms with Gasteiger partial charge >= 0.3 is 0 Å². The van der Waals surface area contributed by atoms with Crippen LogP contribution < -0.4 is 10.1 Å². The highest BCUT2D eigenvalue weighted by Crippen LogP contribution is 2.39. The number of imidazole rings is 1.